The summed E-state index contributed by atoms with van der Waals surface area (Å²) in [6.07, 6.45) is -8.07. The second-order valence-electron chi connectivity index (χ2n) is 36.9. The van der Waals surface area contributed by atoms with Gasteiger partial charge in [-0.2, -0.15) is 0 Å². The molecule has 4 aliphatic heterocycles. The average Bonchev–Trinajstić information content (AvgIpc) is 1.65. The molecule has 4 fully saturated rings. The third-order valence-electron chi connectivity index (χ3n) is 24.9. The van der Waals surface area contributed by atoms with E-state index in [0.29, 0.717) is 5.56 Å². The minimum absolute atomic E-state index is 0.0236. The molecule has 12 amide bonds. The summed E-state index contributed by atoms with van der Waals surface area (Å²) in [5.74, 6) is -28.0. The molecule has 4 saturated heterocycles. The SMILES string of the molecule is CNC(=O)[C@H](Cc1ccc(O)cc1)NC(=O)[C@@H]1CSSC[C@H](NC(=O)[C@@H](CCC(=O)O)NC(=O)[C@H](Cc2ccc(O)cc2)NC(=O)C(CNC(=O)CCC(C(=O)O)N2CCN(CC(=O)O)CCN(CC(=O)O)CCN(CC(=O)O)CC2)NC(=O)CCC(C(=O)O)N2CCN(CC(=O)O)CCN(CC(=O)O)CCN(CC(=O)O)CC2)C(=O)N2C[C@H](O)C[C@H]2C(=O)N[C@@H](Cc2ccc(O)c(Cl)c2)C(=O)NCC(=O)N[C@@H](CC(C)C)C(=O)N1. The smallest absolute Gasteiger partial charge is 0.320 e. The maximum Gasteiger partial charge on any atom is 0.320 e. The van der Waals surface area contributed by atoms with Gasteiger partial charge in [-0.05, 0) is 84.7 Å². The van der Waals surface area contributed by atoms with Crippen molar-refractivity contribution in [3.63, 3.8) is 0 Å². The van der Waals surface area contributed by atoms with Crippen LogP contribution < -0.4 is 58.5 Å². The Hall–Kier alpha value is -13.4. The van der Waals surface area contributed by atoms with E-state index in [-0.39, 0.29) is 157 Å². The summed E-state index contributed by atoms with van der Waals surface area (Å²) < 4.78 is 0. The van der Waals surface area contributed by atoms with Gasteiger partial charge in [0.25, 0.3) is 0 Å². The molecule has 54 nitrogen and oxygen atoms in total. The fourth-order valence-corrected chi connectivity index (χ4v) is 19.5. The molecule has 0 saturated carbocycles. The molecule has 4 heterocycles. The number of phenolic OH excluding ortho intramolecular Hbond substituents is 3. The largest absolute Gasteiger partial charge is 0.508 e. The minimum Gasteiger partial charge on any atom is -0.508 e. The van der Waals surface area contributed by atoms with E-state index in [2.05, 4.69) is 58.5 Å². The van der Waals surface area contributed by atoms with Crippen LogP contribution in [0, 0.1) is 5.92 Å². The molecule has 0 bridgehead atoms. The van der Waals surface area contributed by atoms with Gasteiger partial charge in [0.1, 0.15) is 83.7 Å². The number of aliphatic hydroxyl groups is 1. The van der Waals surface area contributed by atoms with Crippen molar-refractivity contribution in [1.29, 1.82) is 0 Å². The zero-order chi connectivity index (χ0) is 111. The first-order valence-corrected chi connectivity index (χ1v) is 51.1. The first-order valence-electron chi connectivity index (χ1n) is 48.2. The summed E-state index contributed by atoms with van der Waals surface area (Å²) in [5, 5.41) is 161. The van der Waals surface area contributed by atoms with E-state index in [0.717, 1.165) is 38.6 Å². The van der Waals surface area contributed by atoms with Crippen LogP contribution in [0.2, 0.25) is 5.02 Å². The predicted octanol–water partition coefficient (Wildman–Crippen LogP) is -6.97. The van der Waals surface area contributed by atoms with Gasteiger partial charge < -0.3 is 130 Å². The summed E-state index contributed by atoms with van der Waals surface area (Å²) in [6.45, 7) is -4.70. The molecule has 12 atom stereocenters. The summed E-state index contributed by atoms with van der Waals surface area (Å²) in [7, 11) is 2.78. The predicted molar refractivity (Wildman–Crippen MR) is 532 cm³/mol. The molecule has 0 aliphatic carbocycles. The molecule has 3 aromatic carbocycles. The number of halogens is 1. The Labute approximate surface area is 873 Å². The molecule has 24 N–H and O–H groups in total. The number of phenols is 3. The summed E-state index contributed by atoms with van der Waals surface area (Å²) in [6, 6.07) is -5.19. The Bertz CT molecular complexity index is 5140. The average molecular weight is 2170 g/mol. The highest BCUT2D eigenvalue weighted by Crippen LogP contribution is 2.29. The molecule has 57 heteroatoms. The number of rotatable bonds is 45. The number of likely N-dealkylation sites (N-methyl/N-ethyl adjacent to an activating group) is 1. The van der Waals surface area contributed by atoms with Crippen LogP contribution in [0.1, 0.15) is 81.9 Å². The Kier molecular flexibility index (Phi) is 51.2. The molecule has 0 spiro atoms. The molecular formula is C93H133ClN20O34S2. The number of carboxylic acids is 9. The molecule has 828 valence electrons. The lowest BCUT2D eigenvalue weighted by Gasteiger charge is -2.35. The van der Waals surface area contributed by atoms with Crippen molar-refractivity contribution >= 4 is 158 Å². The Balaban J connectivity index is 1.28. The lowest BCUT2D eigenvalue weighted by Crippen LogP contribution is -2.61. The van der Waals surface area contributed by atoms with Crippen LogP contribution in [0.15, 0.2) is 66.7 Å². The van der Waals surface area contributed by atoms with Gasteiger partial charge in [0.05, 0.1) is 56.9 Å². The monoisotopic (exact) mass is 2170 g/mol. The number of aromatic hydroxyl groups is 3. The molecule has 4 aliphatic rings. The third kappa shape index (κ3) is 44.0. The van der Waals surface area contributed by atoms with E-state index < -0.39 is 325 Å². The van der Waals surface area contributed by atoms with E-state index in [1.807, 2.05) is 0 Å². The van der Waals surface area contributed by atoms with Crippen LogP contribution >= 0.6 is 33.2 Å². The molecular weight excluding hydrogens is 2040 g/mol. The van der Waals surface area contributed by atoms with Crippen LogP contribution in [0.4, 0.5) is 0 Å². The van der Waals surface area contributed by atoms with Crippen LogP contribution in [0.25, 0.3) is 0 Å². The van der Waals surface area contributed by atoms with E-state index in [4.69, 9.17) is 11.6 Å². The lowest BCUT2D eigenvalue weighted by molar-refractivity contribution is -0.145. The number of amides is 12. The molecule has 0 aromatic heterocycles. The van der Waals surface area contributed by atoms with Crippen molar-refractivity contribution in [2.45, 2.75) is 157 Å². The van der Waals surface area contributed by atoms with Crippen LogP contribution in [-0.2, 0) is 120 Å². The number of benzene rings is 3. The number of carbonyl (C=O) groups excluding carboxylic acids is 12. The second kappa shape index (κ2) is 62.3. The van der Waals surface area contributed by atoms with Gasteiger partial charge in [-0.1, -0.05) is 77.4 Å². The van der Waals surface area contributed by atoms with E-state index in [9.17, 15) is 148 Å². The first-order chi connectivity index (χ1) is 71.0. The number of fused-ring (bicyclic) bond motifs is 1. The topological polar surface area (TPSA) is 783 Å². The fraction of sp³-hybridized carbons (Fsp3) is 0.581. The van der Waals surface area contributed by atoms with Gasteiger partial charge in [-0.3, -0.25) is 140 Å². The second-order valence-corrected chi connectivity index (χ2v) is 39.8. The van der Waals surface area contributed by atoms with Gasteiger partial charge in [0.15, 0.2) is 0 Å². The zero-order valence-electron chi connectivity index (χ0n) is 82.8. The van der Waals surface area contributed by atoms with Crippen molar-refractivity contribution in [3.05, 3.63) is 88.4 Å². The number of nitrogens with zero attached hydrogens (tertiary/aromatic N) is 9. The normalized spacial score (nSPS) is 20.7. The summed E-state index contributed by atoms with van der Waals surface area (Å²) >= 11 is 6.29. The zero-order valence-corrected chi connectivity index (χ0v) is 85.2. The number of aliphatic hydroxyl groups excluding tert-OH is 1. The van der Waals surface area contributed by atoms with E-state index in [1.165, 1.54) is 101 Å². The van der Waals surface area contributed by atoms with Gasteiger partial charge in [-0.15, -0.1) is 0 Å². The third-order valence-corrected chi connectivity index (χ3v) is 27.6. The quantitative estimate of drug-likeness (QED) is 0.0234. The molecule has 0 radical (unpaired) electrons. The van der Waals surface area contributed by atoms with E-state index >= 15 is 19.2 Å². The Morgan fingerprint density at radius 2 is 0.873 bits per heavy atom. The molecule has 7 rings (SSSR count). The summed E-state index contributed by atoms with van der Waals surface area (Å²) in [4.78, 5) is 302. The number of carbonyl (C=O) groups is 21. The van der Waals surface area contributed by atoms with Crippen LogP contribution in [0.5, 0.6) is 17.2 Å². The Morgan fingerprint density at radius 1 is 0.447 bits per heavy atom. The first kappa shape index (κ1) is 123. The number of hydrogen-bond donors (Lipinski definition) is 24. The lowest BCUT2D eigenvalue weighted by atomic mass is 10.0. The van der Waals surface area contributed by atoms with Crippen LogP contribution in [-0.4, -0.2) is 490 Å². The molecule has 3 unspecified atom stereocenters. The van der Waals surface area contributed by atoms with Crippen molar-refractivity contribution in [1.82, 2.24) is 103 Å². The minimum atomic E-state index is -2.12. The number of nitrogens with one attached hydrogen (secondary N) is 11. The fourth-order valence-electron chi connectivity index (χ4n) is 17.0. The van der Waals surface area contributed by atoms with Crippen molar-refractivity contribution in [2.24, 2.45) is 5.92 Å². The van der Waals surface area contributed by atoms with Gasteiger partial charge in [0, 0.05) is 181 Å². The van der Waals surface area contributed by atoms with Crippen molar-refractivity contribution in [3.8, 4) is 17.2 Å². The van der Waals surface area contributed by atoms with Crippen LogP contribution in [0.3, 0.4) is 0 Å². The summed E-state index contributed by atoms with van der Waals surface area (Å²) in [5.41, 5.74) is 0.770. The van der Waals surface area contributed by atoms with Crippen molar-refractivity contribution in [2.75, 3.05) is 182 Å². The number of hydrogen-bond acceptors (Lipinski definition) is 35. The standard InChI is InChI=1S/C93H133ClN20O34S2/c1-53(2)36-62-86(139)104-67(89(142)101-63(83(136)95-3)38-54-4-9-57(115)10-5-54)51-149-150-52-68(91(144)114-44-59(117)41-71(114)90(143)103-64(84(137)97-43-75(121)98-62)40-56-8-16-72(118)60(94)37-56)105-85(138)61(13-19-76(122)123)100-87(140)65(39-55-6-11-58(116)12-7-55)102-88(141)66(99-74(120)18-15-70(93(147)148)113-34-30-110(49-81(132)133)26-22-107(46-78(126)127)23-27-111(31-35-113)50-82(134)135)42-96-73(119)17-14-69(92(145)146)112-32-28-108(47-79(128)129)24-20-106(45-77(124)125)21-25-109(29-33-112)48-80(130)131/h4-12,16,37,53,59,61-71,115-118H,13-15,17-36,38-52H2,1-3H3,(H,95,136)(H,96,119)(H,97,137)(H,98,121)(H,99,120)(H,100,140)(H,101,142)(H,102,141)(H,103,143)(H,104,139)(H,105,138)(H,122,123)(H,124,125)(H,126,127)(H,128,129)(H,130,131)(H,132,133)(H,134,135)(H,145,146)(H,147,148)/t59-,61-,62+,63+,64+,65+,66?,67+,68+,69?,70?,71+/m1/s1. The highest BCUT2D eigenvalue weighted by atomic mass is 35.5. The van der Waals surface area contributed by atoms with Gasteiger partial charge in [-0.25, -0.2) is 0 Å². The maximum atomic E-state index is 15.7. The van der Waals surface area contributed by atoms with E-state index in [1.54, 1.807) is 13.8 Å². The Morgan fingerprint density at radius 3 is 1.31 bits per heavy atom. The highest BCUT2D eigenvalue weighted by molar-refractivity contribution is 8.76. The molecule has 3 aromatic rings. The maximum absolute atomic E-state index is 15.7. The highest BCUT2D eigenvalue weighted by Gasteiger charge is 2.45. The number of aliphatic carboxylic acids is 9. The van der Waals surface area contributed by atoms with Gasteiger partial charge >= 0.3 is 53.7 Å². The number of carboxylic acid groups (broad SMARTS) is 9. The van der Waals surface area contributed by atoms with Crippen molar-refractivity contribution < 1.29 is 167 Å². The van der Waals surface area contributed by atoms with Gasteiger partial charge in [0.2, 0.25) is 70.9 Å². The molecule has 150 heavy (non-hydrogen) atoms.